The summed E-state index contributed by atoms with van der Waals surface area (Å²) in [4.78, 5) is 11.0. The molecule has 84 valence electrons. The van der Waals surface area contributed by atoms with Gasteiger partial charge in [0.05, 0.1) is 7.11 Å². The van der Waals surface area contributed by atoms with Crippen LogP contribution in [-0.4, -0.2) is 19.6 Å². The second kappa shape index (κ2) is 9.07. The SMILES string of the molecule is CCCCCCN/C=C(\C#N)C(=O)OC. The van der Waals surface area contributed by atoms with Crippen LogP contribution in [0.15, 0.2) is 11.8 Å². The van der Waals surface area contributed by atoms with E-state index in [4.69, 9.17) is 5.26 Å². The quantitative estimate of drug-likeness (QED) is 0.301. The molecule has 0 unspecified atom stereocenters. The fourth-order valence-corrected chi connectivity index (χ4v) is 1.07. The Hall–Kier alpha value is -1.50. The minimum Gasteiger partial charge on any atom is -0.465 e. The molecule has 0 atom stereocenters. The van der Waals surface area contributed by atoms with Crippen LogP contribution in [0.4, 0.5) is 0 Å². The Bertz CT molecular complexity index is 254. The lowest BCUT2D eigenvalue weighted by molar-refractivity contribution is -0.135. The standard InChI is InChI=1S/C11H18N2O2/c1-3-4-5-6-7-13-9-10(8-12)11(14)15-2/h9,13H,3-7H2,1-2H3/b10-9+. The van der Waals surface area contributed by atoms with Crippen molar-refractivity contribution >= 4 is 5.97 Å². The molecule has 0 aromatic rings. The van der Waals surface area contributed by atoms with Crippen LogP contribution in [0.3, 0.4) is 0 Å². The number of nitriles is 1. The van der Waals surface area contributed by atoms with Gasteiger partial charge in [0, 0.05) is 12.7 Å². The van der Waals surface area contributed by atoms with Crippen molar-refractivity contribution in [2.45, 2.75) is 32.6 Å². The lowest BCUT2D eigenvalue weighted by Gasteiger charge is -2.01. The molecule has 0 fully saturated rings. The van der Waals surface area contributed by atoms with Gasteiger partial charge in [0.2, 0.25) is 0 Å². The molecule has 0 rings (SSSR count). The lowest BCUT2D eigenvalue weighted by Crippen LogP contribution is -2.12. The number of methoxy groups -OCH3 is 1. The Morgan fingerprint density at radius 1 is 1.47 bits per heavy atom. The molecule has 0 aromatic carbocycles. The second-order valence-electron chi connectivity index (χ2n) is 3.18. The molecule has 0 bridgehead atoms. The van der Waals surface area contributed by atoms with Crippen LogP contribution in [0.25, 0.3) is 0 Å². The van der Waals surface area contributed by atoms with E-state index in [1.807, 2.05) is 0 Å². The summed E-state index contributed by atoms with van der Waals surface area (Å²) in [5.41, 5.74) is 0.00740. The fourth-order valence-electron chi connectivity index (χ4n) is 1.07. The van der Waals surface area contributed by atoms with Crippen molar-refractivity contribution in [1.82, 2.24) is 5.32 Å². The maximum absolute atomic E-state index is 11.0. The summed E-state index contributed by atoms with van der Waals surface area (Å²) in [6, 6.07) is 1.78. The lowest BCUT2D eigenvalue weighted by atomic mass is 10.2. The Kier molecular flexibility index (Phi) is 8.16. The minimum absolute atomic E-state index is 0.00740. The molecule has 0 aliphatic carbocycles. The maximum Gasteiger partial charge on any atom is 0.350 e. The van der Waals surface area contributed by atoms with Gasteiger partial charge in [-0.15, -0.1) is 0 Å². The van der Waals surface area contributed by atoms with Crippen molar-refractivity contribution in [1.29, 1.82) is 5.26 Å². The Labute approximate surface area is 90.9 Å². The van der Waals surface area contributed by atoms with E-state index in [0.717, 1.165) is 19.4 Å². The molecule has 0 amide bonds. The van der Waals surface area contributed by atoms with Gasteiger partial charge in [-0.2, -0.15) is 5.26 Å². The van der Waals surface area contributed by atoms with Crippen molar-refractivity contribution < 1.29 is 9.53 Å². The summed E-state index contributed by atoms with van der Waals surface area (Å²) >= 11 is 0. The van der Waals surface area contributed by atoms with Crippen LogP contribution in [-0.2, 0) is 9.53 Å². The van der Waals surface area contributed by atoms with E-state index in [-0.39, 0.29) is 5.57 Å². The number of nitrogens with one attached hydrogen (secondary N) is 1. The largest absolute Gasteiger partial charge is 0.465 e. The summed E-state index contributed by atoms with van der Waals surface area (Å²) in [6.45, 7) is 2.93. The van der Waals surface area contributed by atoms with Crippen LogP contribution in [0, 0.1) is 11.3 Å². The second-order valence-corrected chi connectivity index (χ2v) is 3.18. The smallest absolute Gasteiger partial charge is 0.350 e. The fraction of sp³-hybridized carbons (Fsp3) is 0.636. The van der Waals surface area contributed by atoms with Crippen LogP contribution >= 0.6 is 0 Å². The van der Waals surface area contributed by atoms with Gasteiger partial charge in [0.15, 0.2) is 5.57 Å². The normalized spacial score (nSPS) is 10.6. The zero-order valence-electron chi connectivity index (χ0n) is 9.38. The first-order valence-corrected chi connectivity index (χ1v) is 5.18. The van der Waals surface area contributed by atoms with Crippen molar-refractivity contribution in [2.24, 2.45) is 0 Å². The first-order valence-electron chi connectivity index (χ1n) is 5.18. The molecule has 0 aromatic heterocycles. The third kappa shape index (κ3) is 6.55. The van der Waals surface area contributed by atoms with E-state index < -0.39 is 5.97 Å². The van der Waals surface area contributed by atoms with Gasteiger partial charge in [0.1, 0.15) is 6.07 Å². The van der Waals surface area contributed by atoms with E-state index in [1.165, 1.54) is 26.2 Å². The molecule has 0 aliphatic heterocycles. The molecule has 4 nitrogen and oxygen atoms in total. The number of hydrogen-bond donors (Lipinski definition) is 1. The Morgan fingerprint density at radius 2 is 2.20 bits per heavy atom. The molecule has 15 heavy (non-hydrogen) atoms. The number of esters is 1. The Balaban J connectivity index is 3.74. The van der Waals surface area contributed by atoms with Gasteiger partial charge in [0.25, 0.3) is 0 Å². The summed E-state index contributed by atoms with van der Waals surface area (Å²) in [5, 5.41) is 11.5. The third-order valence-electron chi connectivity index (χ3n) is 1.95. The van der Waals surface area contributed by atoms with Gasteiger partial charge in [-0.1, -0.05) is 26.2 Å². The van der Waals surface area contributed by atoms with Gasteiger partial charge in [-0.3, -0.25) is 0 Å². The van der Waals surface area contributed by atoms with Gasteiger partial charge >= 0.3 is 5.97 Å². The predicted molar refractivity (Wildman–Crippen MR) is 57.9 cm³/mol. The highest BCUT2D eigenvalue weighted by molar-refractivity contribution is 5.92. The summed E-state index contributed by atoms with van der Waals surface area (Å²) in [5.74, 6) is -0.599. The first-order chi connectivity index (χ1) is 7.26. The molecule has 0 spiro atoms. The topological polar surface area (TPSA) is 62.1 Å². The highest BCUT2D eigenvalue weighted by Crippen LogP contribution is 1.98. The van der Waals surface area contributed by atoms with Crippen molar-refractivity contribution in [3.63, 3.8) is 0 Å². The monoisotopic (exact) mass is 210 g/mol. The number of unbranched alkanes of at least 4 members (excludes halogenated alkanes) is 3. The number of carbonyl (C=O) groups excluding carboxylic acids is 1. The van der Waals surface area contributed by atoms with Gasteiger partial charge in [-0.05, 0) is 6.42 Å². The molecule has 1 N–H and O–H groups in total. The van der Waals surface area contributed by atoms with E-state index in [0.29, 0.717) is 0 Å². The average Bonchev–Trinajstić information content (AvgIpc) is 2.27. The zero-order valence-corrected chi connectivity index (χ0v) is 9.38. The molecule has 4 heteroatoms. The number of nitrogens with zero attached hydrogens (tertiary/aromatic N) is 1. The van der Waals surface area contributed by atoms with Crippen LogP contribution < -0.4 is 5.32 Å². The van der Waals surface area contributed by atoms with E-state index in [1.54, 1.807) is 6.07 Å². The van der Waals surface area contributed by atoms with Crippen molar-refractivity contribution in [2.75, 3.05) is 13.7 Å². The molecular formula is C11H18N2O2. The minimum atomic E-state index is -0.599. The van der Waals surface area contributed by atoms with Gasteiger partial charge in [-0.25, -0.2) is 4.79 Å². The van der Waals surface area contributed by atoms with E-state index in [9.17, 15) is 4.79 Å². The summed E-state index contributed by atoms with van der Waals surface area (Å²) in [7, 11) is 1.26. The summed E-state index contributed by atoms with van der Waals surface area (Å²) < 4.78 is 4.43. The number of hydrogen-bond acceptors (Lipinski definition) is 4. The van der Waals surface area contributed by atoms with Crippen LogP contribution in [0.2, 0.25) is 0 Å². The number of carbonyl (C=O) groups is 1. The van der Waals surface area contributed by atoms with Crippen LogP contribution in [0.1, 0.15) is 32.6 Å². The zero-order chi connectivity index (χ0) is 11.5. The molecule has 0 heterocycles. The average molecular weight is 210 g/mol. The van der Waals surface area contributed by atoms with E-state index in [2.05, 4.69) is 17.0 Å². The number of rotatable bonds is 7. The van der Waals surface area contributed by atoms with Crippen molar-refractivity contribution in [3.8, 4) is 6.07 Å². The van der Waals surface area contributed by atoms with E-state index >= 15 is 0 Å². The van der Waals surface area contributed by atoms with Crippen molar-refractivity contribution in [3.05, 3.63) is 11.8 Å². The molecule has 0 radical (unpaired) electrons. The maximum atomic E-state index is 11.0. The van der Waals surface area contributed by atoms with Gasteiger partial charge < -0.3 is 10.1 Å². The highest BCUT2D eigenvalue weighted by Gasteiger charge is 2.06. The molecular weight excluding hydrogens is 192 g/mol. The molecule has 0 saturated carbocycles. The third-order valence-corrected chi connectivity index (χ3v) is 1.95. The molecule has 0 saturated heterocycles. The number of ether oxygens (including phenoxy) is 1. The summed E-state index contributed by atoms with van der Waals surface area (Å²) in [6.07, 6.45) is 6.04. The highest BCUT2D eigenvalue weighted by atomic mass is 16.5. The molecule has 0 aliphatic rings. The Morgan fingerprint density at radius 3 is 2.73 bits per heavy atom. The first kappa shape index (κ1) is 13.5. The predicted octanol–water partition coefficient (Wildman–Crippen LogP) is 1.74. The van der Waals surface area contributed by atoms with Crippen LogP contribution in [0.5, 0.6) is 0 Å².